The molecule has 1 amide bonds. The van der Waals surface area contributed by atoms with E-state index in [0.717, 1.165) is 16.1 Å². The Bertz CT molecular complexity index is 1250. The summed E-state index contributed by atoms with van der Waals surface area (Å²) in [5.41, 5.74) is 3.29. The number of carbonyl (C=O) groups is 1. The van der Waals surface area contributed by atoms with E-state index < -0.39 is 15.8 Å². The first-order valence-corrected chi connectivity index (χ1v) is 12.9. The van der Waals surface area contributed by atoms with Crippen LogP contribution in [-0.2, 0) is 22.0 Å². The maximum absolute atomic E-state index is 14.1. The number of hydrogen-bond donors (Lipinski definition) is 1. The highest BCUT2D eigenvalue weighted by Gasteiger charge is 2.20. The lowest BCUT2D eigenvalue weighted by atomic mass is 9.86. The van der Waals surface area contributed by atoms with E-state index in [0.29, 0.717) is 11.3 Å². The second kappa shape index (κ2) is 9.97. The molecule has 5 nitrogen and oxygen atoms in total. The van der Waals surface area contributed by atoms with Gasteiger partial charge in [-0.1, -0.05) is 63.2 Å². The molecule has 0 radical (unpaired) electrons. The van der Waals surface area contributed by atoms with Crippen molar-refractivity contribution in [3.63, 3.8) is 0 Å². The summed E-state index contributed by atoms with van der Waals surface area (Å²) in [6.45, 7) is 8.23. The van der Waals surface area contributed by atoms with Crippen molar-refractivity contribution in [1.29, 1.82) is 0 Å². The van der Waals surface area contributed by atoms with Crippen molar-refractivity contribution in [3.05, 3.63) is 101 Å². The van der Waals surface area contributed by atoms with Crippen molar-refractivity contribution in [2.24, 2.45) is 0 Å². The predicted octanol–water partition coefficient (Wildman–Crippen LogP) is 5.58. The summed E-state index contributed by atoms with van der Waals surface area (Å²) in [6, 6.07) is 20.3. The van der Waals surface area contributed by atoms with Gasteiger partial charge >= 0.3 is 0 Å². The van der Waals surface area contributed by atoms with Crippen molar-refractivity contribution in [1.82, 2.24) is 5.32 Å². The normalized spacial score (nSPS) is 12.8. The van der Waals surface area contributed by atoms with Crippen LogP contribution in [0.3, 0.4) is 0 Å². The van der Waals surface area contributed by atoms with Crippen molar-refractivity contribution in [3.8, 4) is 0 Å². The summed E-state index contributed by atoms with van der Waals surface area (Å²) in [4.78, 5) is 12.8. The van der Waals surface area contributed by atoms with Crippen molar-refractivity contribution in [2.75, 3.05) is 10.6 Å². The van der Waals surface area contributed by atoms with Gasteiger partial charge in [0.15, 0.2) is 0 Å². The van der Waals surface area contributed by atoms with Crippen molar-refractivity contribution in [2.45, 2.75) is 45.7 Å². The Morgan fingerprint density at radius 1 is 0.971 bits per heavy atom. The van der Waals surface area contributed by atoms with Gasteiger partial charge in [0.1, 0.15) is 5.82 Å². The zero-order valence-corrected chi connectivity index (χ0v) is 21.0. The molecule has 1 N–H and O–H groups in total. The molecule has 34 heavy (non-hydrogen) atoms. The highest BCUT2D eigenvalue weighted by atomic mass is 32.2. The topological polar surface area (TPSA) is 66.5 Å². The van der Waals surface area contributed by atoms with Crippen LogP contribution in [0.5, 0.6) is 0 Å². The molecule has 180 valence electrons. The molecule has 0 saturated carbocycles. The van der Waals surface area contributed by atoms with Gasteiger partial charge in [-0.2, -0.15) is 0 Å². The van der Waals surface area contributed by atoms with Gasteiger partial charge in [0, 0.05) is 11.1 Å². The number of halogens is 1. The number of amides is 1. The smallest absolute Gasteiger partial charge is 0.251 e. The SMILES string of the molecule is C[C@H](NC(=O)c1ccc(N(Cc2ccccc2F)S(C)(=O)=O)cc1)c1ccc(C(C)(C)C)cc1. The second-order valence-corrected chi connectivity index (χ2v) is 11.4. The van der Waals surface area contributed by atoms with Gasteiger partial charge in [0.2, 0.25) is 10.0 Å². The van der Waals surface area contributed by atoms with Crippen LogP contribution >= 0.6 is 0 Å². The summed E-state index contributed by atoms with van der Waals surface area (Å²) in [5, 5.41) is 2.98. The Hall–Kier alpha value is -3.19. The predicted molar refractivity (Wildman–Crippen MR) is 135 cm³/mol. The molecule has 3 aromatic carbocycles. The van der Waals surface area contributed by atoms with Crippen LogP contribution < -0.4 is 9.62 Å². The van der Waals surface area contributed by atoms with E-state index in [9.17, 15) is 17.6 Å². The summed E-state index contributed by atoms with van der Waals surface area (Å²) < 4.78 is 40.0. The minimum absolute atomic E-state index is 0.0545. The first-order chi connectivity index (χ1) is 15.9. The molecule has 0 aromatic heterocycles. The van der Waals surface area contributed by atoms with Gasteiger partial charge in [0.05, 0.1) is 24.5 Å². The molecule has 0 spiro atoms. The number of rotatable bonds is 7. The lowest BCUT2D eigenvalue weighted by Gasteiger charge is -2.23. The summed E-state index contributed by atoms with van der Waals surface area (Å²) in [7, 11) is -3.67. The monoisotopic (exact) mass is 482 g/mol. The van der Waals surface area contributed by atoms with E-state index in [4.69, 9.17) is 0 Å². The molecule has 0 bridgehead atoms. The number of hydrogen-bond acceptors (Lipinski definition) is 3. The Kier molecular flexibility index (Phi) is 7.46. The Morgan fingerprint density at radius 2 is 1.56 bits per heavy atom. The molecule has 1 atom stereocenters. The Morgan fingerprint density at radius 3 is 2.09 bits per heavy atom. The third-order valence-corrected chi connectivity index (χ3v) is 6.85. The third kappa shape index (κ3) is 6.23. The molecule has 0 saturated heterocycles. The number of anilines is 1. The molecule has 0 aliphatic rings. The fourth-order valence-electron chi connectivity index (χ4n) is 3.60. The average Bonchev–Trinajstić information content (AvgIpc) is 2.77. The van der Waals surface area contributed by atoms with Crippen molar-refractivity contribution < 1.29 is 17.6 Å². The summed E-state index contributed by atoms with van der Waals surface area (Å²) in [5.74, 6) is -0.740. The molecule has 0 aliphatic heterocycles. The van der Waals surface area contributed by atoms with Gasteiger partial charge in [-0.25, -0.2) is 12.8 Å². The fourth-order valence-corrected chi connectivity index (χ4v) is 4.47. The summed E-state index contributed by atoms with van der Waals surface area (Å²) >= 11 is 0. The first-order valence-electron chi connectivity index (χ1n) is 11.1. The molecule has 3 aromatic rings. The van der Waals surface area contributed by atoms with E-state index in [2.05, 4.69) is 38.2 Å². The van der Waals surface area contributed by atoms with Crippen LogP contribution in [0.25, 0.3) is 0 Å². The Balaban J connectivity index is 1.74. The van der Waals surface area contributed by atoms with E-state index >= 15 is 0 Å². The van der Waals surface area contributed by atoms with Gasteiger partial charge in [-0.05, 0) is 53.8 Å². The number of benzene rings is 3. The van der Waals surface area contributed by atoms with Crippen LogP contribution in [0.4, 0.5) is 10.1 Å². The zero-order chi connectivity index (χ0) is 25.1. The second-order valence-electron chi connectivity index (χ2n) is 9.48. The molecule has 0 fully saturated rings. The number of sulfonamides is 1. The maximum atomic E-state index is 14.1. The molecule has 3 rings (SSSR count). The molecular formula is C27H31FN2O3S. The van der Waals surface area contributed by atoms with Crippen LogP contribution in [-0.4, -0.2) is 20.6 Å². The molecule has 0 heterocycles. The van der Waals surface area contributed by atoms with Gasteiger partial charge < -0.3 is 5.32 Å². The highest BCUT2D eigenvalue weighted by molar-refractivity contribution is 7.92. The van der Waals surface area contributed by atoms with Crippen LogP contribution in [0.1, 0.15) is 60.8 Å². The molecule has 0 unspecified atom stereocenters. The standard InChI is InChI=1S/C27H31FN2O3S/c1-19(20-10-14-23(15-11-20)27(2,3)4)29-26(31)21-12-16-24(17-13-21)30(34(5,32)33)18-22-8-6-7-9-25(22)28/h6-17,19H,18H2,1-5H3,(H,29,31)/t19-/m0/s1. The largest absolute Gasteiger partial charge is 0.346 e. The van der Waals surface area contributed by atoms with Crippen LogP contribution in [0, 0.1) is 5.82 Å². The number of carbonyl (C=O) groups excluding carboxylic acids is 1. The zero-order valence-electron chi connectivity index (χ0n) is 20.2. The molecule has 0 aliphatic carbocycles. The van der Waals surface area contributed by atoms with E-state index in [1.165, 1.54) is 11.6 Å². The van der Waals surface area contributed by atoms with Gasteiger partial charge in [-0.15, -0.1) is 0 Å². The van der Waals surface area contributed by atoms with E-state index in [1.807, 2.05) is 19.1 Å². The molecule has 7 heteroatoms. The number of nitrogens with zero attached hydrogens (tertiary/aromatic N) is 1. The van der Waals surface area contributed by atoms with Gasteiger partial charge in [-0.3, -0.25) is 9.10 Å². The maximum Gasteiger partial charge on any atom is 0.251 e. The fraction of sp³-hybridized carbons (Fsp3) is 0.296. The van der Waals surface area contributed by atoms with Crippen LogP contribution in [0.15, 0.2) is 72.8 Å². The minimum Gasteiger partial charge on any atom is -0.346 e. The van der Waals surface area contributed by atoms with E-state index in [-0.39, 0.29) is 29.5 Å². The Labute approximate surface area is 201 Å². The quantitative estimate of drug-likeness (QED) is 0.478. The minimum atomic E-state index is -3.67. The highest BCUT2D eigenvalue weighted by Crippen LogP contribution is 2.25. The number of nitrogens with one attached hydrogen (secondary N) is 1. The average molecular weight is 483 g/mol. The molecular weight excluding hydrogens is 451 g/mol. The van der Waals surface area contributed by atoms with E-state index in [1.54, 1.807) is 42.5 Å². The van der Waals surface area contributed by atoms with Crippen LogP contribution in [0.2, 0.25) is 0 Å². The summed E-state index contributed by atoms with van der Waals surface area (Å²) in [6.07, 6.45) is 1.07. The lowest BCUT2D eigenvalue weighted by molar-refractivity contribution is 0.0940. The third-order valence-electron chi connectivity index (χ3n) is 5.71. The first kappa shape index (κ1) is 25.4. The lowest BCUT2D eigenvalue weighted by Crippen LogP contribution is -2.30. The van der Waals surface area contributed by atoms with Gasteiger partial charge in [0.25, 0.3) is 5.91 Å². The van der Waals surface area contributed by atoms with Crippen molar-refractivity contribution >= 4 is 21.6 Å².